The van der Waals surface area contributed by atoms with Gasteiger partial charge in [0.05, 0.1) is 5.92 Å². The van der Waals surface area contributed by atoms with Gasteiger partial charge in [-0.25, -0.2) is 4.72 Å². The molecular weight excluding hydrogens is 358 g/mol. The SMILES string of the molecule is C#CC(C)C(C(=O)OC(NS)c1cccc(Oc2ccccc2)c1)C1CC1. The van der Waals surface area contributed by atoms with Crippen LogP contribution in [0.5, 0.6) is 11.5 Å². The molecule has 0 aliphatic heterocycles. The number of carbonyl (C=O) groups is 1. The molecule has 0 amide bonds. The first-order chi connectivity index (χ1) is 13.1. The van der Waals surface area contributed by atoms with Crippen LogP contribution in [0, 0.1) is 30.1 Å². The van der Waals surface area contributed by atoms with Crippen LogP contribution in [-0.2, 0) is 9.53 Å². The Morgan fingerprint density at radius 2 is 1.89 bits per heavy atom. The lowest BCUT2D eigenvalue weighted by Gasteiger charge is -2.23. The van der Waals surface area contributed by atoms with E-state index in [9.17, 15) is 4.79 Å². The van der Waals surface area contributed by atoms with Crippen molar-refractivity contribution in [1.29, 1.82) is 0 Å². The highest BCUT2D eigenvalue weighted by molar-refractivity contribution is 7.78. The van der Waals surface area contributed by atoms with Crippen LogP contribution >= 0.6 is 12.8 Å². The zero-order chi connectivity index (χ0) is 19.2. The summed E-state index contributed by atoms with van der Waals surface area (Å²) in [6, 6.07) is 16.9. The van der Waals surface area contributed by atoms with Crippen LogP contribution in [0.4, 0.5) is 0 Å². The molecule has 5 heteroatoms. The lowest BCUT2D eigenvalue weighted by molar-refractivity contribution is -0.157. The minimum atomic E-state index is -0.689. The van der Waals surface area contributed by atoms with Crippen LogP contribution < -0.4 is 9.46 Å². The zero-order valence-corrected chi connectivity index (χ0v) is 16.1. The van der Waals surface area contributed by atoms with E-state index in [0.717, 1.165) is 24.2 Å². The van der Waals surface area contributed by atoms with E-state index in [1.165, 1.54) is 0 Å². The van der Waals surface area contributed by atoms with E-state index in [0.29, 0.717) is 11.7 Å². The number of para-hydroxylation sites is 1. The Hall–Kier alpha value is -2.42. The maximum absolute atomic E-state index is 12.7. The number of thiol groups is 1. The van der Waals surface area contributed by atoms with Gasteiger partial charge in [0.2, 0.25) is 0 Å². The molecule has 1 saturated carbocycles. The molecule has 1 N–H and O–H groups in total. The number of carbonyl (C=O) groups excluding carboxylic acids is 1. The molecule has 0 saturated heterocycles. The summed E-state index contributed by atoms with van der Waals surface area (Å²) in [5.74, 6) is 3.66. The standard InChI is InChI=1S/C22H23NO3S/c1-3-15(2)20(16-12-13-16)22(24)26-21(23-27)17-8-7-11-19(14-17)25-18-9-5-4-6-10-18/h1,4-11,14-16,20-21,23,27H,12-13H2,2H3. The minimum Gasteiger partial charge on any atom is -0.457 e. The van der Waals surface area contributed by atoms with E-state index >= 15 is 0 Å². The lowest BCUT2D eigenvalue weighted by atomic mass is 9.90. The van der Waals surface area contributed by atoms with Gasteiger partial charge in [0, 0.05) is 11.5 Å². The van der Waals surface area contributed by atoms with E-state index in [-0.39, 0.29) is 17.8 Å². The number of benzene rings is 2. The quantitative estimate of drug-likeness (QED) is 0.300. The molecule has 27 heavy (non-hydrogen) atoms. The molecule has 1 fully saturated rings. The molecule has 0 bridgehead atoms. The van der Waals surface area contributed by atoms with Crippen molar-refractivity contribution in [3.63, 3.8) is 0 Å². The fourth-order valence-electron chi connectivity index (χ4n) is 3.09. The van der Waals surface area contributed by atoms with E-state index in [1.54, 1.807) is 0 Å². The smallest absolute Gasteiger partial charge is 0.312 e. The normalized spacial score (nSPS) is 16.6. The van der Waals surface area contributed by atoms with Crippen LogP contribution in [0.25, 0.3) is 0 Å². The molecule has 0 aromatic heterocycles. The second-order valence-electron chi connectivity index (χ2n) is 6.75. The fourth-order valence-corrected chi connectivity index (χ4v) is 3.29. The fraction of sp³-hybridized carbons (Fsp3) is 0.318. The number of ether oxygens (including phenoxy) is 2. The van der Waals surface area contributed by atoms with Crippen molar-refractivity contribution in [2.45, 2.75) is 26.0 Å². The average Bonchev–Trinajstić information content (AvgIpc) is 3.52. The molecule has 3 unspecified atom stereocenters. The first kappa shape index (κ1) is 19.3. The first-order valence-corrected chi connectivity index (χ1v) is 9.46. The monoisotopic (exact) mass is 381 g/mol. The van der Waals surface area contributed by atoms with Gasteiger partial charge in [0.15, 0.2) is 6.23 Å². The molecule has 3 atom stereocenters. The van der Waals surface area contributed by atoms with Gasteiger partial charge in [-0.2, -0.15) is 0 Å². The number of esters is 1. The van der Waals surface area contributed by atoms with Crippen molar-refractivity contribution in [1.82, 2.24) is 4.72 Å². The van der Waals surface area contributed by atoms with Crippen LogP contribution in [-0.4, -0.2) is 5.97 Å². The number of hydrogen-bond donors (Lipinski definition) is 2. The summed E-state index contributed by atoms with van der Waals surface area (Å²) in [7, 11) is 0. The predicted molar refractivity (Wildman–Crippen MR) is 108 cm³/mol. The van der Waals surface area contributed by atoms with Crippen LogP contribution in [0.3, 0.4) is 0 Å². The Morgan fingerprint density at radius 3 is 2.52 bits per heavy atom. The Kier molecular flexibility index (Phi) is 6.44. The van der Waals surface area contributed by atoms with E-state index < -0.39 is 6.23 Å². The molecular formula is C22H23NO3S. The summed E-state index contributed by atoms with van der Waals surface area (Å²) in [6.07, 6.45) is 6.89. The third-order valence-corrected chi connectivity index (χ3v) is 4.93. The maximum Gasteiger partial charge on any atom is 0.312 e. The topological polar surface area (TPSA) is 47.6 Å². The van der Waals surface area contributed by atoms with Gasteiger partial charge in [0.1, 0.15) is 11.5 Å². The molecule has 1 aliphatic carbocycles. The molecule has 0 radical (unpaired) electrons. The summed E-state index contributed by atoms with van der Waals surface area (Å²) in [5, 5.41) is 0. The number of rotatable bonds is 8. The van der Waals surface area contributed by atoms with Gasteiger partial charge in [-0.3, -0.25) is 4.79 Å². The van der Waals surface area contributed by atoms with Crippen molar-refractivity contribution in [3.05, 3.63) is 60.2 Å². The molecule has 2 aromatic carbocycles. The van der Waals surface area contributed by atoms with E-state index in [4.69, 9.17) is 15.9 Å². The summed E-state index contributed by atoms with van der Waals surface area (Å²) in [4.78, 5) is 12.7. The van der Waals surface area contributed by atoms with E-state index in [2.05, 4.69) is 23.5 Å². The third-order valence-electron chi connectivity index (χ3n) is 4.69. The van der Waals surface area contributed by atoms with Crippen molar-refractivity contribution < 1.29 is 14.3 Å². The third kappa shape index (κ3) is 5.06. The second-order valence-corrected chi connectivity index (χ2v) is 7.01. The highest BCUT2D eigenvalue weighted by Gasteiger charge is 2.41. The summed E-state index contributed by atoms with van der Waals surface area (Å²) >= 11 is 4.14. The molecule has 0 spiro atoms. The maximum atomic E-state index is 12.7. The highest BCUT2D eigenvalue weighted by Crippen LogP contribution is 2.41. The summed E-state index contributed by atoms with van der Waals surface area (Å²) < 4.78 is 14.3. The van der Waals surface area contributed by atoms with Gasteiger partial charge < -0.3 is 9.47 Å². The Balaban J connectivity index is 1.72. The molecule has 4 nitrogen and oxygen atoms in total. The van der Waals surface area contributed by atoms with Gasteiger partial charge in [-0.05, 0) is 43.0 Å². The number of hydrogen-bond acceptors (Lipinski definition) is 5. The van der Waals surface area contributed by atoms with Gasteiger partial charge >= 0.3 is 5.97 Å². The minimum absolute atomic E-state index is 0.154. The van der Waals surface area contributed by atoms with Crippen molar-refractivity contribution in [2.75, 3.05) is 0 Å². The number of terminal acetylenes is 1. The molecule has 3 rings (SSSR count). The van der Waals surface area contributed by atoms with Crippen molar-refractivity contribution >= 4 is 18.8 Å². The number of nitrogens with one attached hydrogen (secondary N) is 1. The van der Waals surface area contributed by atoms with Crippen LogP contribution in [0.2, 0.25) is 0 Å². The first-order valence-electron chi connectivity index (χ1n) is 9.01. The predicted octanol–water partition coefficient (Wildman–Crippen LogP) is 4.75. The van der Waals surface area contributed by atoms with Gasteiger partial charge in [-0.15, -0.1) is 12.3 Å². The van der Waals surface area contributed by atoms with Crippen molar-refractivity contribution in [2.24, 2.45) is 17.8 Å². The molecule has 1 aliphatic rings. The lowest BCUT2D eigenvalue weighted by Crippen LogP contribution is -2.29. The largest absolute Gasteiger partial charge is 0.457 e. The highest BCUT2D eigenvalue weighted by atomic mass is 32.1. The Bertz CT molecular complexity index is 814. The Morgan fingerprint density at radius 1 is 1.19 bits per heavy atom. The van der Waals surface area contributed by atoms with Gasteiger partial charge in [0.25, 0.3) is 0 Å². The summed E-state index contributed by atoms with van der Waals surface area (Å²) in [6.45, 7) is 1.89. The molecule has 2 aromatic rings. The molecule has 140 valence electrons. The summed E-state index contributed by atoms with van der Waals surface area (Å²) in [5.41, 5.74) is 0.745. The van der Waals surface area contributed by atoms with Crippen LogP contribution in [0.1, 0.15) is 31.6 Å². The average molecular weight is 381 g/mol. The molecule has 0 heterocycles. The zero-order valence-electron chi connectivity index (χ0n) is 15.2. The van der Waals surface area contributed by atoms with Gasteiger partial charge in [-0.1, -0.05) is 50.1 Å². The van der Waals surface area contributed by atoms with E-state index in [1.807, 2.05) is 61.5 Å². The van der Waals surface area contributed by atoms with Crippen LogP contribution in [0.15, 0.2) is 54.6 Å². The second kappa shape index (κ2) is 8.98. The Labute approximate surface area is 165 Å². The van der Waals surface area contributed by atoms with Crippen molar-refractivity contribution in [3.8, 4) is 23.8 Å².